The van der Waals surface area contributed by atoms with Crippen LogP contribution in [-0.2, 0) is 23.8 Å². The lowest BCUT2D eigenvalue weighted by Crippen LogP contribution is -2.42. The van der Waals surface area contributed by atoms with Gasteiger partial charge in [0.25, 0.3) is 0 Å². The van der Waals surface area contributed by atoms with Crippen molar-refractivity contribution in [3.63, 3.8) is 0 Å². The van der Waals surface area contributed by atoms with Crippen LogP contribution in [0.4, 0.5) is 10.5 Å². The third-order valence-electron chi connectivity index (χ3n) is 5.60. The number of amides is 1. The Morgan fingerprint density at radius 1 is 0.971 bits per heavy atom. The molecule has 2 heterocycles. The first-order valence-corrected chi connectivity index (χ1v) is 11.3. The molecule has 1 fully saturated rings. The van der Waals surface area contributed by atoms with Crippen LogP contribution in [-0.4, -0.2) is 55.8 Å². The molecule has 0 N–H and O–H groups in total. The number of carbonyl (C=O) groups excluding carboxylic acids is 3. The van der Waals surface area contributed by atoms with Crippen molar-refractivity contribution in [2.24, 2.45) is 0 Å². The highest BCUT2D eigenvalue weighted by Crippen LogP contribution is 2.31. The summed E-state index contributed by atoms with van der Waals surface area (Å²) < 4.78 is 15.3. The van der Waals surface area contributed by atoms with Gasteiger partial charge in [0, 0.05) is 30.9 Å². The van der Waals surface area contributed by atoms with Crippen LogP contribution in [0.25, 0.3) is 0 Å². The summed E-state index contributed by atoms with van der Waals surface area (Å²) in [6, 6.07) is 7.74. The molecule has 0 aliphatic carbocycles. The molecule has 2 aliphatic rings. The van der Waals surface area contributed by atoms with Gasteiger partial charge in [0.05, 0.1) is 19.8 Å². The van der Waals surface area contributed by atoms with E-state index in [1.165, 1.54) is 20.3 Å². The Morgan fingerprint density at radius 2 is 1.65 bits per heavy atom. The van der Waals surface area contributed by atoms with Gasteiger partial charge in [-0.1, -0.05) is 18.2 Å². The first kappa shape index (κ1) is 25.1. The average Bonchev–Trinajstić information content (AvgIpc) is 3.05. The van der Waals surface area contributed by atoms with Gasteiger partial charge >= 0.3 is 18.0 Å². The minimum Gasteiger partial charge on any atom is -0.465 e. The number of ether oxygens (including phenoxy) is 3. The van der Waals surface area contributed by atoms with Crippen molar-refractivity contribution >= 4 is 23.7 Å². The van der Waals surface area contributed by atoms with E-state index in [9.17, 15) is 14.4 Å². The second kappa shape index (κ2) is 10.6. The maximum Gasteiger partial charge on any atom is 0.410 e. The van der Waals surface area contributed by atoms with Crippen LogP contribution in [0.15, 0.2) is 60.0 Å². The minimum absolute atomic E-state index is 0.0702. The largest absolute Gasteiger partial charge is 0.465 e. The van der Waals surface area contributed by atoms with Crippen molar-refractivity contribution in [2.45, 2.75) is 45.1 Å². The summed E-state index contributed by atoms with van der Waals surface area (Å²) in [5.74, 6) is -1.11. The number of hydrogen-bond donors (Lipinski definition) is 0. The SMILES string of the molecule is COC(=O)C1=C(C(=O)OC)N(c2ccc(C3CCCN(C(=O)OC(C)(C)C)C3)cc2)C=CC=C1. The first-order chi connectivity index (χ1) is 16.1. The van der Waals surface area contributed by atoms with E-state index in [-0.39, 0.29) is 23.3 Å². The van der Waals surface area contributed by atoms with E-state index in [1.54, 1.807) is 28.2 Å². The average molecular weight is 469 g/mol. The highest BCUT2D eigenvalue weighted by Gasteiger charge is 2.30. The number of rotatable bonds is 4. The minimum atomic E-state index is -0.652. The third kappa shape index (κ3) is 5.87. The molecule has 182 valence electrons. The maximum atomic E-state index is 12.6. The fourth-order valence-electron chi connectivity index (χ4n) is 4.01. The Labute approximate surface area is 200 Å². The summed E-state index contributed by atoms with van der Waals surface area (Å²) in [6.07, 6.45) is 8.17. The zero-order chi connectivity index (χ0) is 24.9. The highest BCUT2D eigenvalue weighted by atomic mass is 16.6. The molecule has 1 aromatic rings. The van der Waals surface area contributed by atoms with E-state index >= 15 is 0 Å². The summed E-state index contributed by atoms with van der Waals surface area (Å²) in [7, 11) is 2.53. The van der Waals surface area contributed by atoms with Crippen molar-refractivity contribution in [1.82, 2.24) is 4.90 Å². The van der Waals surface area contributed by atoms with Crippen molar-refractivity contribution in [1.29, 1.82) is 0 Å². The predicted molar refractivity (Wildman–Crippen MR) is 128 cm³/mol. The van der Waals surface area contributed by atoms with Crippen LogP contribution >= 0.6 is 0 Å². The molecule has 1 amide bonds. The number of benzene rings is 1. The zero-order valence-corrected chi connectivity index (χ0v) is 20.4. The molecule has 1 unspecified atom stereocenters. The van der Waals surface area contributed by atoms with E-state index in [2.05, 4.69) is 0 Å². The number of allylic oxidation sites excluding steroid dienone is 2. The Bertz CT molecular complexity index is 1020. The second-order valence-corrected chi connectivity index (χ2v) is 9.17. The monoisotopic (exact) mass is 468 g/mol. The van der Waals surface area contributed by atoms with Crippen LogP contribution in [0.2, 0.25) is 0 Å². The molecule has 1 atom stereocenters. The van der Waals surface area contributed by atoms with Crippen molar-refractivity contribution in [2.75, 3.05) is 32.2 Å². The van der Waals surface area contributed by atoms with E-state index < -0.39 is 17.5 Å². The normalized spacial score (nSPS) is 18.4. The summed E-state index contributed by atoms with van der Waals surface area (Å²) in [6.45, 7) is 6.85. The summed E-state index contributed by atoms with van der Waals surface area (Å²) >= 11 is 0. The Kier molecular flexibility index (Phi) is 7.81. The Morgan fingerprint density at radius 3 is 2.26 bits per heavy atom. The summed E-state index contributed by atoms with van der Waals surface area (Å²) in [5.41, 5.74) is 1.41. The van der Waals surface area contributed by atoms with Gasteiger partial charge in [-0.15, -0.1) is 0 Å². The van der Waals surface area contributed by atoms with Crippen molar-refractivity contribution in [3.8, 4) is 0 Å². The Balaban J connectivity index is 1.84. The molecule has 8 heteroatoms. The molecule has 0 aromatic heterocycles. The van der Waals surface area contributed by atoms with E-state index in [0.29, 0.717) is 18.8 Å². The summed E-state index contributed by atoms with van der Waals surface area (Å²) in [5, 5.41) is 0. The second-order valence-electron chi connectivity index (χ2n) is 9.17. The lowest BCUT2D eigenvalue weighted by molar-refractivity contribution is -0.139. The number of esters is 2. The van der Waals surface area contributed by atoms with Gasteiger partial charge in [0.1, 0.15) is 11.3 Å². The van der Waals surface area contributed by atoms with E-state index in [1.807, 2.05) is 45.0 Å². The van der Waals surface area contributed by atoms with E-state index in [0.717, 1.165) is 18.4 Å². The molecule has 1 saturated heterocycles. The molecule has 2 aliphatic heterocycles. The van der Waals surface area contributed by atoms with Gasteiger partial charge in [0.15, 0.2) is 0 Å². The van der Waals surface area contributed by atoms with Gasteiger partial charge in [0.2, 0.25) is 0 Å². The van der Waals surface area contributed by atoms with Crippen LogP contribution in [0.5, 0.6) is 0 Å². The lowest BCUT2D eigenvalue weighted by Gasteiger charge is -2.34. The number of methoxy groups -OCH3 is 2. The quantitative estimate of drug-likeness (QED) is 0.481. The molecule has 1 aromatic carbocycles. The molecular formula is C26H32N2O6. The molecule has 34 heavy (non-hydrogen) atoms. The number of hydrogen-bond acceptors (Lipinski definition) is 7. The third-order valence-corrected chi connectivity index (χ3v) is 5.60. The van der Waals surface area contributed by atoms with Crippen molar-refractivity contribution in [3.05, 3.63) is 65.5 Å². The maximum absolute atomic E-state index is 12.6. The van der Waals surface area contributed by atoms with Crippen LogP contribution in [0.1, 0.15) is 45.1 Å². The molecule has 0 spiro atoms. The topological polar surface area (TPSA) is 85.4 Å². The zero-order valence-electron chi connectivity index (χ0n) is 20.4. The van der Waals surface area contributed by atoms with Gasteiger partial charge in [-0.2, -0.15) is 0 Å². The van der Waals surface area contributed by atoms with Gasteiger partial charge in [-0.3, -0.25) is 0 Å². The number of anilines is 1. The molecule has 0 radical (unpaired) electrons. The fraction of sp³-hybridized carbons (Fsp3) is 0.423. The predicted octanol–water partition coefficient (Wildman–Crippen LogP) is 4.29. The number of nitrogens with zero attached hydrogens (tertiary/aromatic N) is 2. The number of likely N-dealkylation sites (tertiary alicyclic amines) is 1. The number of piperidine rings is 1. The Hall–Kier alpha value is -3.55. The molecule has 3 rings (SSSR count). The lowest BCUT2D eigenvalue weighted by atomic mass is 9.90. The highest BCUT2D eigenvalue weighted by molar-refractivity contribution is 6.05. The van der Waals surface area contributed by atoms with Crippen LogP contribution in [0.3, 0.4) is 0 Å². The van der Waals surface area contributed by atoms with Crippen molar-refractivity contribution < 1.29 is 28.6 Å². The number of carbonyl (C=O) groups is 3. The van der Waals surface area contributed by atoms with Crippen LogP contribution in [0, 0.1) is 0 Å². The smallest absolute Gasteiger partial charge is 0.410 e. The molecule has 0 bridgehead atoms. The standard InChI is InChI=1S/C26H32N2O6/c1-26(2,3)34-25(31)27-15-8-9-19(17-27)18-11-13-20(14-12-18)28-16-7-6-10-21(23(29)32-4)22(28)24(30)33-5/h6-7,10-14,16,19H,8-9,15,17H2,1-5H3. The fourth-order valence-corrected chi connectivity index (χ4v) is 4.01. The van der Waals surface area contributed by atoms with Gasteiger partial charge < -0.3 is 24.0 Å². The molecule has 0 saturated carbocycles. The first-order valence-electron chi connectivity index (χ1n) is 11.3. The van der Waals surface area contributed by atoms with Gasteiger partial charge in [-0.05, 0) is 63.5 Å². The molecular weight excluding hydrogens is 436 g/mol. The van der Waals surface area contributed by atoms with Crippen LogP contribution < -0.4 is 4.90 Å². The molecule has 8 nitrogen and oxygen atoms in total. The van der Waals surface area contributed by atoms with E-state index in [4.69, 9.17) is 14.2 Å². The van der Waals surface area contributed by atoms with Gasteiger partial charge in [-0.25, -0.2) is 14.4 Å². The summed E-state index contributed by atoms with van der Waals surface area (Å²) in [4.78, 5) is 40.8.